The Bertz CT molecular complexity index is 606. The minimum Gasteiger partial charge on any atom is -0.444 e. The maximum Gasteiger partial charge on any atom is 0.253 e. The molecule has 0 fully saturated rings. The summed E-state index contributed by atoms with van der Waals surface area (Å²) >= 11 is 9.29. The van der Waals surface area contributed by atoms with Crippen molar-refractivity contribution in [2.45, 2.75) is 20.4 Å². The van der Waals surface area contributed by atoms with Crippen LogP contribution in [0.2, 0.25) is 5.02 Å². The molecule has 2 aromatic rings. The van der Waals surface area contributed by atoms with Gasteiger partial charge in [-0.25, -0.2) is 4.98 Å². The molecule has 0 saturated heterocycles. The van der Waals surface area contributed by atoms with E-state index in [1.807, 2.05) is 13.8 Å². The minimum absolute atomic E-state index is 0.232. The van der Waals surface area contributed by atoms with Crippen molar-refractivity contribution in [2.24, 2.45) is 0 Å². The number of nitrogens with one attached hydrogen (secondary N) is 1. The first-order valence-electron chi connectivity index (χ1n) is 5.63. The third-order valence-electron chi connectivity index (χ3n) is 2.65. The second-order valence-corrected chi connectivity index (χ2v) is 5.38. The molecule has 0 spiro atoms. The van der Waals surface area contributed by atoms with Gasteiger partial charge in [-0.2, -0.15) is 0 Å². The first kappa shape index (κ1) is 14.1. The largest absolute Gasteiger partial charge is 0.444 e. The van der Waals surface area contributed by atoms with Gasteiger partial charge in [0.05, 0.1) is 22.8 Å². The zero-order valence-electron chi connectivity index (χ0n) is 10.5. The molecule has 0 bridgehead atoms. The van der Waals surface area contributed by atoms with Crippen LogP contribution in [0, 0.1) is 13.8 Å². The highest BCUT2D eigenvalue weighted by molar-refractivity contribution is 9.10. The van der Waals surface area contributed by atoms with Crippen LogP contribution in [0.3, 0.4) is 0 Å². The summed E-state index contributed by atoms with van der Waals surface area (Å²) in [5.74, 6) is 0.971. The second-order valence-electron chi connectivity index (χ2n) is 4.06. The van der Waals surface area contributed by atoms with Gasteiger partial charge in [0, 0.05) is 4.47 Å². The highest BCUT2D eigenvalue weighted by atomic mass is 79.9. The Labute approximate surface area is 124 Å². The van der Waals surface area contributed by atoms with Gasteiger partial charge in [-0.3, -0.25) is 4.79 Å². The number of hydrogen-bond acceptors (Lipinski definition) is 3. The molecule has 100 valence electrons. The lowest BCUT2D eigenvalue weighted by Crippen LogP contribution is -2.23. The molecule has 0 saturated carbocycles. The number of aromatic nitrogens is 1. The molecule has 19 heavy (non-hydrogen) atoms. The molecule has 0 radical (unpaired) electrons. The Hall–Kier alpha value is -1.33. The quantitative estimate of drug-likeness (QED) is 0.925. The summed E-state index contributed by atoms with van der Waals surface area (Å²) in [5.41, 5.74) is 1.24. The van der Waals surface area contributed by atoms with Crippen LogP contribution in [-0.2, 0) is 6.54 Å². The van der Waals surface area contributed by atoms with Gasteiger partial charge in [-0.05, 0) is 32.0 Å². The van der Waals surface area contributed by atoms with Crippen LogP contribution in [0.1, 0.15) is 27.7 Å². The number of carbonyl (C=O) groups is 1. The van der Waals surface area contributed by atoms with Gasteiger partial charge in [0.25, 0.3) is 5.91 Å². The Kier molecular flexibility index (Phi) is 4.27. The predicted octanol–water partition coefficient (Wildman–Crippen LogP) is 3.64. The fourth-order valence-corrected chi connectivity index (χ4v) is 2.10. The highest BCUT2D eigenvalue weighted by Gasteiger charge is 2.12. The van der Waals surface area contributed by atoms with E-state index in [2.05, 4.69) is 26.2 Å². The van der Waals surface area contributed by atoms with Crippen LogP contribution in [0.25, 0.3) is 0 Å². The van der Waals surface area contributed by atoms with E-state index in [9.17, 15) is 4.79 Å². The molecule has 0 aliphatic rings. The number of hydrogen-bond donors (Lipinski definition) is 1. The van der Waals surface area contributed by atoms with Crippen molar-refractivity contribution in [2.75, 3.05) is 0 Å². The second kappa shape index (κ2) is 5.75. The molecular formula is C13H12BrClN2O2. The maximum absolute atomic E-state index is 12.0. The SMILES string of the molecule is Cc1nc(CNC(=O)c2cc(Br)ccc2Cl)oc1C. The van der Waals surface area contributed by atoms with E-state index >= 15 is 0 Å². The van der Waals surface area contributed by atoms with Crippen LogP contribution >= 0.6 is 27.5 Å². The third-order valence-corrected chi connectivity index (χ3v) is 3.47. The zero-order chi connectivity index (χ0) is 14.0. The van der Waals surface area contributed by atoms with E-state index in [1.54, 1.807) is 18.2 Å². The summed E-state index contributed by atoms with van der Waals surface area (Å²) in [6.45, 7) is 3.92. The number of benzene rings is 1. The third kappa shape index (κ3) is 3.36. The van der Waals surface area contributed by atoms with E-state index in [0.29, 0.717) is 16.5 Å². The zero-order valence-corrected chi connectivity index (χ0v) is 12.8. The average Bonchev–Trinajstić information content (AvgIpc) is 2.69. The summed E-state index contributed by atoms with van der Waals surface area (Å²) in [6, 6.07) is 5.11. The van der Waals surface area contributed by atoms with Crippen molar-refractivity contribution in [3.05, 3.63) is 50.6 Å². The van der Waals surface area contributed by atoms with Crippen molar-refractivity contribution in [3.63, 3.8) is 0 Å². The van der Waals surface area contributed by atoms with Crippen LogP contribution in [0.5, 0.6) is 0 Å². The minimum atomic E-state index is -0.264. The predicted molar refractivity (Wildman–Crippen MR) is 76.3 cm³/mol. The fraction of sp³-hybridized carbons (Fsp3) is 0.231. The average molecular weight is 344 g/mol. The van der Waals surface area contributed by atoms with Gasteiger partial charge < -0.3 is 9.73 Å². The summed E-state index contributed by atoms with van der Waals surface area (Å²) in [4.78, 5) is 16.2. The Morgan fingerprint density at radius 1 is 1.47 bits per heavy atom. The van der Waals surface area contributed by atoms with Gasteiger partial charge >= 0.3 is 0 Å². The summed E-state index contributed by atoms with van der Waals surface area (Å²) < 4.78 is 6.18. The van der Waals surface area contributed by atoms with E-state index < -0.39 is 0 Å². The Morgan fingerprint density at radius 3 is 2.84 bits per heavy atom. The molecule has 6 heteroatoms. The molecule has 1 aromatic carbocycles. The lowest BCUT2D eigenvalue weighted by atomic mass is 10.2. The van der Waals surface area contributed by atoms with Crippen molar-refractivity contribution in [3.8, 4) is 0 Å². The smallest absolute Gasteiger partial charge is 0.253 e. The normalized spacial score (nSPS) is 10.5. The van der Waals surface area contributed by atoms with E-state index in [0.717, 1.165) is 15.9 Å². The van der Waals surface area contributed by atoms with Gasteiger partial charge in [-0.15, -0.1) is 0 Å². The fourth-order valence-electron chi connectivity index (χ4n) is 1.54. The van der Waals surface area contributed by atoms with Crippen molar-refractivity contribution in [1.82, 2.24) is 10.3 Å². The topological polar surface area (TPSA) is 55.1 Å². The van der Waals surface area contributed by atoms with Crippen LogP contribution in [0.15, 0.2) is 27.1 Å². The van der Waals surface area contributed by atoms with Crippen LogP contribution in [0.4, 0.5) is 0 Å². The molecule has 1 amide bonds. The van der Waals surface area contributed by atoms with Gasteiger partial charge in [0.15, 0.2) is 0 Å². The van der Waals surface area contributed by atoms with Crippen molar-refractivity contribution >= 4 is 33.4 Å². The summed E-state index contributed by atoms with van der Waals surface area (Å²) in [7, 11) is 0. The van der Waals surface area contributed by atoms with Crippen molar-refractivity contribution in [1.29, 1.82) is 0 Å². The molecule has 0 aliphatic heterocycles. The number of carbonyl (C=O) groups excluding carboxylic acids is 1. The summed E-state index contributed by atoms with van der Waals surface area (Å²) in [6.07, 6.45) is 0. The molecule has 0 unspecified atom stereocenters. The molecule has 1 N–H and O–H groups in total. The molecule has 1 heterocycles. The molecule has 0 aliphatic carbocycles. The lowest BCUT2D eigenvalue weighted by Gasteiger charge is -2.05. The van der Waals surface area contributed by atoms with Gasteiger partial charge in [-0.1, -0.05) is 27.5 Å². The van der Waals surface area contributed by atoms with Crippen LogP contribution < -0.4 is 5.32 Å². The van der Waals surface area contributed by atoms with E-state index in [-0.39, 0.29) is 12.5 Å². The molecular weight excluding hydrogens is 332 g/mol. The number of nitrogens with zero attached hydrogens (tertiary/aromatic N) is 1. The standard InChI is InChI=1S/C13H12BrClN2O2/c1-7-8(2)19-12(17-7)6-16-13(18)10-5-9(14)3-4-11(10)15/h3-5H,6H2,1-2H3,(H,16,18). The van der Waals surface area contributed by atoms with Crippen molar-refractivity contribution < 1.29 is 9.21 Å². The number of amides is 1. The first-order chi connectivity index (χ1) is 8.97. The Balaban J connectivity index is 2.07. The number of aryl methyl sites for hydroxylation is 2. The lowest BCUT2D eigenvalue weighted by molar-refractivity contribution is 0.0947. The number of halogens is 2. The van der Waals surface area contributed by atoms with E-state index in [1.165, 1.54) is 0 Å². The molecule has 0 atom stereocenters. The monoisotopic (exact) mass is 342 g/mol. The summed E-state index contributed by atoms with van der Waals surface area (Å²) in [5, 5.41) is 3.13. The Morgan fingerprint density at radius 2 is 2.21 bits per heavy atom. The number of oxazole rings is 1. The molecule has 4 nitrogen and oxygen atoms in total. The van der Waals surface area contributed by atoms with E-state index in [4.69, 9.17) is 16.0 Å². The molecule has 1 aromatic heterocycles. The first-order valence-corrected chi connectivity index (χ1v) is 6.80. The molecule has 2 rings (SSSR count). The van der Waals surface area contributed by atoms with Gasteiger partial charge in [0.2, 0.25) is 5.89 Å². The highest BCUT2D eigenvalue weighted by Crippen LogP contribution is 2.21. The maximum atomic E-state index is 12.0. The number of rotatable bonds is 3. The van der Waals surface area contributed by atoms with Crippen LogP contribution in [-0.4, -0.2) is 10.9 Å². The van der Waals surface area contributed by atoms with Gasteiger partial charge in [0.1, 0.15) is 5.76 Å².